The summed E-state index contributed by atoms with van der Waals surface area (Å²) in [5.41, 5.74) is 2.38. The molecule has 0 unspecified atom stereocenters. The van der Waals surface area contributed by atoms with Crippen molar-refractivity contribution in [3.8, 4) is 5.82 Å². The summed E-state index contributed by atoms with van der Waals surface area (Å²) in [5, 5.41) is 0. The maximum Gasteiger partial charge on any atom is 0.255 e. The minimum atomic E-state index is -0.301. The highest BCUT2D eigenvalue weighted by Gasteiger charge is 2.29. The van der Waals surface area contributed by atoms with Gasteiger partial charge < -0.3 is 4.90 Å². The molecule has 8 heteroatoms. The van der Waals surface area contributed by atoms with Crippen LogP contribution in [0.15, 0.2) is 85.6 Å². The van der Waals surface area contributed by atoms with Crippen LogP contribution in [-0.4, -0.2) is 56.4 Å². The summed E-state index contributed by atoms with van der Waals surface area (Å²) in [7, 11) is 0. The number of halogens is 2. The highest BCUT2D eigenvalue weighted by Crippen LogP contribution is 2.30. The summed E-state index contributed by atoms with van der Waals surface area (Å²) in [6.07, 6.45) is 6.71. The molecule has 172 valence electrons. The zero-order chi connectivity index (χ0) is 23.5. The van der Waals surface area contributed by atoms with Gasteiger partial charge in [-0.1, -0.05) is 24.3 Å². The van der Waals surface area contributed by atoms with E-state index in [2.05, 4.69) is 14.9 Å². The summed E-state index contributed by atoms with van der Waals surface area (Å²) in [5.74, 6) is 0.0270. The lowest BCUT2D eigenvalue weighted by atomic mass is 9.96. The number of hydrogen-bond acceptors (Lipinski definition) is 4. The van der Waals surface area contributed by atoms with Gasteiger partial charge in [-0.3, -0.25) is 14.3 Å². The van der Waals surface area contributed by atoms with Gasteiger partial charge >= 0.3 is 0 Å². The number of amides is 1. The van der Waals surface area contributed by atoms with Gasteiger partial charge in [-0.15, -0.1) is 0 Å². The van der Waals surface area contributed by atoms with E-state index < -0.39 is 0 Å². The van der Waals surface area contributed by atoms with Gasteiger partial charge in [-0.2, -0.15) is 0 Å². The molecule has 6 nitrogen and oxygen atoms in total. The van der Waals surface area contributed by atoms with Crippen molar-refractivity contribution in [2.75, 3.05) is 26.2 Å². The summed E-state index contributed by atoms with van der Waals surface area (Å²) in [4.78, 5) is 25.5. The second-order valence-electron chi connectivity index (χ2n) is 8.21. The number of rotatable bonds is 5. The number of pyridine rings is 1. The molecule has 0 N–H and O–H groups in total. The largest absolute Gasteiger partial charge is 0.336 e. The molecule has 2 aromatic carbocycles. The third kappa shape index (κ3) is 4.58. The fourth-order valence-electron chi connectivity index (χ4n) is 4.33. The number of piperazine rings is 1. The molecule has 0 saturated carbocycles. The van der Waals surface area contributed by atoms with Crippen molar-refractivity contribution in [2.45, 2.75) is 6.04 Å². The van der Waals surface area contributed by atoms with E-state index in [0.717, 1.165) is 11.1 Å². The predicted octanol–water partition coefficient (Wildman–Crippen LogP) is 4.09. The SMILES string of the molecule is O=C(c1ccc(-n2ccnc2)nc1)N1CCN(C(c2ccc(F)cc2)c2ccc(F)cc2)CC1. The fourth-order valence-corrected chi connectivity index (χ4v) is 4.33. The molecule has 0 spiro atoms. The first-order valence-electron chi connectivity index (χ1n) is 11.1. The molecule has 1 aliphatic rings. The third-order valence-corrected chi connectivity index (χ3v) is 6.10. The Kier molecular flexibility index (Phi) is 6.14. The molecule has 0 aliphatic carbocycles. The molecule has 34 heavy (non-hydrogen) atoms. The van der Waals surface area contributed by atoms with E-state index in [4.69, 9.17) is 0 Å². The second kappa shape index (κ2) is 9.52. The number of hydrogen-bond donors (Lipinski definition) is 0. The predicted molar refractivity (Wildman–Crippen MR) is 123 cm³/mol. The minimum absolute atomic E-state index is 0.0653. The second-order valence-corrected chi connectivity index (χ2v) is 8.21. The number of aromatic nitrogens is 3. The van der Waals surface area contributed by atoms with Crippen molar-refractivity contribution >= 4 is 5.91 Å². The Labute approximate surface area is 196 Å². The lowest BCUT2D eigenvalue weighted by molar-refractivity contribution is 0.0597. The molecule has 0 radical (unpaired) electrons. The standard InChI is InChI=1S/C26H23F2N5O/c27-22-6-1-19(2-7-22)25(20-3-8-23(28)9-4-20)31-13-15-32(16-14-31)26(34)21-5-10-24(30-17-21)33-12-11-29-18-33/h1-12,17-18,25H,13-16H2. The molecule has 0 bridgehead atoms. The van der Waals surface area contributed by atoms with Crippen LogP contribution in [0.4, 0.5) is 8.78 Å². The van der Waals surface area contributed by atoms with Crippen molar-refractivity contribution < 1.29 is 13.6 Å². The Balaban J connectivity index is 1.30. The Hall–Kier alpha value is -3.91. The first kappa shape index (κ1) is 21.9. The monoisotopic (exact) mass is 459 g/mol. The zero-order valence-electron chi connectivity index (χ0n) is 18.4. The van der Waals surface area contributed by atoms with Crippen LogP contribution in [-0.2, 0) is 0 Å². The summed E-state index contributed by atoms with van der Waals surface area (Å²) < 4.78 is 28.8. The molecule has 1 amide bonds. The zero-order valence-corrected chi connectivity index (χ0v) is 18.4. The number of benzene rings is 2. The molecule has 4 aromatic rings. The highest BCUT2D eigenvalue weighted by molar-refractivity contribution is 5.94. The van der Waals surface area contributed by atoms with Gasteiger partial charge in [0.1, 0.15) is 23.8 Å². The molecule has 5 rings (SSSR count). The van der Waals surface area contributed by atoms with Crippen LogP contribution < -0.4 is 0 Å². The summed E-state index contributed by atoms with van der Waals surface area (Å²) in [6, 6.07) is 16.2. The number of nitrogens with zero attached hydrogens (tertiary/aromatic N) is 5. The van der Waals surface area contributed by atoms with Crippen molar-refractivity contribution in [1.29, 1.82) is 0 Å². The van der Waals surface area contributed by atoms with E-state index in [-0.39, 0.29) is 23.6 Å². The average Bonchev–Trinajstić information content (AvgIpc) is 3.42. The van der Waals surface area contributed by atoms with Crippen LogP contribution in [0.1, 0.15) is 27.5 Å². The quantitative estimate of drug-likeness (QED) is 0.451. The van der Waals surface area contributed by atoms with E-state index in [1.165, 1.54) is 24.3 Å². The maximum absolute atomic E-state index is 13.5. The first-order chi connectivity index (χ1) is 16.6. The Morgan fingerprint density at radius 2 is 1.44 bits per heavy atom. The van der Waals surface area contributed by atoms with Gasteiger partial charge in [0, 0.05) is 44.8 Å². The van der Waals surface area contributed by atoms with Gasteiger partial charge in [0.25, 0.3) is 5.91 Å². The highest BCUT2D eigenvalue weighted by atomic mass is 19.1. The lowest BCUT2D eigenvalue weighted by Crippen LogP contribution is -2.49. The van der Waals surface area contributed by atoms with E-state index in [9.17, 15) is 13.6 Å². The molecule has 3 heterocycles. The van der Waals surface area contributed by atoms with Gasteiger partial charge in [-0.05, 0) is 47.5 Å². The molecule has 1 saturated heterocycles. The van der Waals surface area contributed by atoms with Crippen LogP contribution in [0.5, 0.6) is 0 Å². The van der Waals surface area contributed by atoms with Crippen LogP contribution in [0.25, 0.3) is 5.82 Å². The van der Waals surface area contributed by atoms with Crippen molar-refractivity contribution in [3.05, 3.63) is 114 Å². The van der Waals surface area contributed by atoms with Crippen LogP contribution in [0.3, 0.4) is 0 Å². The third-order valence-electron chi connectivity index (χ3n) is 6.10. The van der Waals surface area contributed by atoms with Gasteiger partial charge in [0.05, 0.1) is 11.6 Å². The average molecular weight is 460 g/mol. The lowest BCUT2D eigenvalue weighted by Gasteiger charge is -2.39. The normalized spacial score (nSPS) is 14.5. The first-order valence-corrected chi connectivity index (χ1v) is 11.1. The summed E-state index contributed by atoms with van der Waals surface area (Å²) >= 11 is 0. The smallest absolute Gasteiger partial charge is 0.255 e. The Morgan fingerprint density at radius 1 is 0.824 bits per heavy atom. The van der Waals surface area contributed by atoms with E-state index >= 15 is 0 Å². The van der Waals surface area contributed by atoms with Gasteiger partial charge in [-0.25, -0.2) is 18.7 Å². The molecular weight excluding hydrogens is 436 g/mol. The summed E-state index contributed by atoms with van der Waals surface area (Å²) in [6.45, 7) is 2.35. The fraction of sp³-hybridized carbons (Fsp3) is 0.192. The molecule has 0 atom stereocenters. The molecular formula is C26H23F2N5O. The molecule has 1 aliphatic heterocycles. The maximum atomic E-state index is 13.5. The van der Waals surface area contributed by atoms with Crippen molar-refractivity contribution in [1.82, 2.24) is 24.3 Å². The van der Waals surface area contributed by atoms with Gasteiger partial charge in [0.15, 0.2) is 0 Å². The topological polar surface area (TPSA) is 54.3 Å². The van der Waals surface area contributed by atoms with Crippen molar-refractivity contribution in [2.24, 2.45) is 0 Å². The minimum Gasteiger partial charge on any atom is -0.336 e. The number of imidazole rings is 1. The van der Waals surface area contributed by atoms with Crippen LogP contribution in [0.2, 0.25) is 0 Å². The van der Waals surface area contributed by atoms with Crippen molar-refractivity contribution in [3.63, 3.8) is 0 Å². The molecule has 1 fully saturated rings. The molecule has 2 aromatic heterocycles. The number of carbonyl (C=O) groups excluding carboxylic acids is 1. The van der Waals surface area contributed by atoms with Gasteiger partial charge in [0.2, 0.25) is 0 Å². The van der Waals surface area contributed by atoms with E-state index in [1.54, 1.807) is 65.9 Å². The number of carbonyl (C=O) groups is 1. The Bertz CT molecular complexity index is 1190. The van der Waals surface area contributed by atoms with Crippen LogP contribution in [0, 0.1) is 11.6 Å². The Morgan fingerprint density at radius 3 is 1.94 bits per heavy atom. The van der Waals surface area contributed by atoms with E-state index in [1.807, 2.05) is 4.90 Å². The van der Waals surface area contributed by atoms with E-state index in [0.29, 0.717) is 37.6 Å². The van der Waals surface area contributed by atoms with Crippen LogP contribution >= 0.6 is 0 Å².